The molecule has 2 atom stereocenters. The summed E-state index contributed by atoms with van der Waals surface area (Å²) in [5.41, 5.74) is 3.20. The van der Waals surface area contributed by atoms with Gasteiger partial charge in [-0.1, -0.05) is 6.07 Å². The quantitative estimate of drug-likeness (QED) is 0.821. The third kappa shape index (κ3) is 1.86. The summed E-state index contributed by atoms with van der Waals surface area (Å²) in [4.78, 5) is 14.5. The molecule has 2 saturated heterocycles. The first-order valence-corrected chi connectivity index (χ1v) is 7.03. The molecule has 100 valence electrons. The maximum absolute atomic E-state index is 12.5. The van der Waals surface area contributed by atoms with Crippen molar-refractivity contribution >= 4 is 5.91 Å². The fourth-order valence-corrected chi connectivity index (χ4v) is 3.50. The smallest absolute Gasteiger partial charge is 0.253 e. The van der Waals surface area contributed by atoms with Crippen molar-refractivity contribution in [2.75, 3.05) is 19.6 Å². The summed E-state index contributed by atoms with van der Waals surface area (Å²) in [6.45, 7) is 4.19. The molecule has 4 rings (SSSR count). The van der Waals surface area contributed by atoms with E-state index in [0.717, 1.165) is 25.2 Å². The van der Waals surface area contributed by atoms with Gasteiger partial charge in [0.2, 0.25) is 0 Å². The predicted octanol–water partition coefficient (Wildman–Crippen LogP) is 1.15. The molecule has 1 N–H and O–H groups in total. The number of carbonyl (C=O) groups excluding carboxylic acids is 1. The average Bonchev–Trinajstić information content (AvgIpc) is 3.11. The maximum atomic E-state index is 12.5. The molecule has 4 heteroatoms. The number of carbonyl (C=O) groups is 1. The molecule has 3 aliphatic heterocycles. The first kappa shape index (κ1) is 11.4. The third-order valence-electron chi connectivity index (χ3n) is 4.62. The van der Waals surface area contributed by atoms with Gasteiger partial charge in [0, 0.05) is 24.7 Å². The van der Waals surface area contributed by atoms with E-state index in [-0.39, 0.29) is 5.91 Å². The fraction of sp³-hybridized carbons (Fsp3) is 0.533. The highest BCUT2D eigenvalue weighted by molar-refractivity contribution is 5.94. The normalized spacial score (nSPS) is 28.5. The van der Waals surface area contributed by atoms with Crippen molar-refractivity contribution < 1.29 is 9.53 Å². The SMILES string of the molecule is O=C(c1ccc2c(c1)COC2)N1C[C@@H]2CCN[C@@H]2C1. The van der Waals surface area contributed by atoms with Crippen molar-refractivity contribution in [1.82, 2.24) is 10.2 Å². The van der Waals surface area contributed by atoms with Crippen LogP contribution in [-0.4, -0.2) is 36.5 Å². The Bertz CT molecular complexity index is 517. The average molecular weight is 258 g/mol. The number of benzene rings is 1. The molecular formula is C15H18N2O2. The monoisotopic (exact) mass is 258 g/mol. The number of likely N-dealkylation sites (tertiary alicyclic amines) is 1. The minimum Gasteiger partial charge on any atom is -0.372 e. The number of nitrogens with one attached hydrogen (secondary N) is 1. The van der Waals surface area contributed by atoms with Gasteiger partial charge in [-0.05, 0) is 42.1 Å². The van der Waals surface area contributed by atoms with E-state index in [4.69, 9.17) is 4.74 Å². The minimum absolute atomic E-state index is 0.172. The van der Waals surface area contributed by atoms with Gasteiger partial charge in [-0.2, -0.15) is 0 Å². The van der Waals surface area contributed by atoms with E-state index in [1.807, 2.05) is 23.1 Å². The van der Waals surface area contributed by atoms with Crippen molar-refractivity contribution in [1.29, 1.82) is 0 Å². The Kier molecular flexibility index (Phi) is 2.60. The van der Waals surface area contributed by atoms with Gasteiger partial charge in [0.1, 0.15) is 0 Å². The first-order chi connectivity index (χ1) is 9.31. The Morgan fingerprint density at radius 3 is 3.05 bits per heavy atom. The molecule has 0 aliphatic carbocycles. The van der Waals surface area contributed by atoms with Crippen LogP contribution in [0.5, 0.6) is 0 Å². The lowest BCUT2D eigenvalue weighted by atomic mass is 10.1. The van der Waals surface area contributed by atoms with E-state index in [9.17, 15) is 4.79 Å². The van der Waals surface area contributed by atoms with Crippen LogP contribution in [0.25, 0.3) is 0 Å². The summed E-state index contributed by atoms with van der Waals surface area (Å²) >= 11 is 0. The van der Waals surface area contributed by atoms with Crippen molar-refractivity contribution in [3.05, 3.63) is 34.9 Å². The molecule has 0 saturated carbocycles. The highest BCUT2D eigenvalue weighted by Gasteiger charge is 2.38. The summed E-state index contributed by atoms with van der Waals surface area (Å²) in [5.74, 6) is 0.826. The summed E-state index contributed by atoms with van der Waals surface area (Å²) in [6, 6.07) is 6.50. The summed E-state index contributed by atoms with van der Waals surface area (Å²) in [7, 11) is 0. The zero-order valence-electron chi connectivity index (χ0n) is 10.9. The van der Waals surface area contributed by atoms with E-state index in [1.54, 1.807) is 0 Å². The van der Waals surface area contributed by atoms with E-state index < -0.39 is 0 Å². The van der Waals surface area contributed by atoms with Crippen LogP contribution in [0.1, 0.15) is 27.9 Å². The van der Waals surface area contributed by atoms with Gasteiger partial charge >= 0.3 is 0 Å². The van der Waals surface area contributed by atoms with Crippen LogP contribution >= 0.6 is 0 Å². The van der Waals surface area contributed by atoms with E-state index in [2.05, 4.69) is 5.32 Å². The molecule has 0 aromatic heterocycles. The van der Waals surface area contributed by atoms with Crippen LogP contribution in [-0.2, 0) is 18.0 Å². The molecule has 0 spiro atoms. The zero-order valence-corrected chi connectivity index (χ0v) is 10.9. The molecule has 0 bridgehead atoms. The Hall–Kier alpha value is -1.39. The van der Waals surface area contributed by atoms with Crippen molar-refractivity contribution in [2.24, 2.45) is 5.92 Å². The minimum atomic E-state index is 0.172. The lowest BCUT2D eigenvalue weighted by molar-refractivity contribution is 0.0782. The van der Waals surface area contributed by atoms with Crippen molar-refractivity contribution in [2.45, 2.75) is 25.7 Å². The number of nitrogens with zero attached hydrogens (tertiary/aromatic N) is 1. The molecule has 0 unspecified atom stereocenters. The van der Waals surface area contributed by atoms with Crippen LogP contribution in [0.2, 0.25) is 0 Å². The Labute approximate surface area is 112 Å². The van der Waals surface area contributed by atoms with Gasteiger partial charge in [-0.25, -0.2) is 0 Å². The largest absolute Gasteiger partial charge is 0.372 e. The van der Waals surface area contributed by atoms with Gasteiger partial charge in [0.15, 0.2) is 0 Å². The predicted molar refractivity (Wildman–Crippen MR) is 70.7 cm³/mol. The van der Waals surface area contributed by atoms with Crippen LogP contribution < -0.4 is 5.32 Å². The zero-order chi connectivity index (χ0) is 12.8. The molecule has 0 radical (unpaired) electrons. The van der Waals surface area contributed by atoms with Gasteiger partial charge < -0.3 is 15.0 Å². The second-order valence-electron chi connectivity index (χ2n) is 5.80. The third-order valence-corrected chi connectivity index (χ3v) is 4.62. The number of hydrogen-bond acceptors (Lipinski definition) is 3. The number of fused-ring (bicyclic) bond motifs is 2. The van der Waals surface area contributed by atoms with Gasteiger partial charge in [0.05, 0.1) is 13.2 Å². The number of hydrogen-bond donors (Lipinski definition) is 1. The Morgan fingerprint density at radius 2 is 2.16 bits per heavy atom. The molecule has 3 heterocycles. The fourth-order valence-electron chi connectivity index (χ4n) is 3.50. The summed E-state index contributed by atoms with van der Waals surface area (Å²) < 4.78 is 5.40. The second kappa shape index (κ2) is 4.32. The lowest BCUT2D eigenvalue weighted by Crippen LogP contribution is -2.34. The lowest BCUT2D eigenvalue weighted by Gasteiger charge is -2.17. The topological polar surface area (TPSA) is 41.6 Å². The highest BCUT2D eigenvalue weighted by atomic mass is 16.5. The van der Waals surface area contributed by atoms with E-state index in [0.29, 0.717) is 25.2 Å². The molecule has 3 aliphatic rings. The highest BCUT2D eigenvalue weighted by Crippen LogP contribution is 2.27. The summed E-state index contributed by atoms with van der Waals surface area (Å²) in [6.07, 6.45) is 1.20. The molecular weight excluding hydrogens is 240 g/mol. The van der Waals surface area contributed by atoms with Gasteiger partial charge in [0.25, 0.3) is 5.91 Å². The van der Waals surface area contributed by atoms with Crippen molar-refractivity contribution in [3.63, 3.8) is 0 Å². The Balaban J connectivity index is 1.54. The molecule has 19 heavy (non-hydrogen) atoms. The number of ether oxygens (including phenoxy) is 1. The molecule has 1 amide bonds. The Morgan fingerprint density at radius 1 is 1.26 bits per heavy atom. The van der Waals surface area contributed by atoms with E-state index in [1.165, 1.54) is 17.5 Å². The van der Waals surface area contributed by atoms with Crippen LogP contribution in [0, 0.1) is 5.92 Å². The standard InChI is InChI=1S/C15H18N2O2/c18-15(17-6-11-3-4-16-14(11)7-17)10-1-2-12-8-19-9-13(12)5-10/h1-2,5,11,14,16H,3-4,6-9H2/t11-,14+/m0/s1. The molecule has 1 aromatic rings. The number of amides is 1. The van der Waals surface area contributed by atoms with Crippen LogP contribution in [0.15, 0.2) is 18.2 Å². The first-order valence-electron chi connectivity index (χ1n) is 7.03. The summed E-state index contributed by atoms with van der Waals surface area (Å²) in [5, 5.41) is 3.48. The maximum Gasteiger partial charge on any atom is 0.253 e. The van der Waals surface area contributed by atoms with Crippen LogP contribution in [0.3, 0.4) is 0 Å². The number of rotatable bonds is 1. The second-order valence-corrected chi connectivity index (χ2v) is 5.80. The van der Waals surface area contributed by atoms with Crippen molar-refractivity contribution in [3.8, 4) is 0 Å². The van der Waals surface area contributed by atoms with Gasteiger partial charge in [-0.3, -0.25) is 4.79 Å². The molecule has 1 aromatic carbocycles. The molecule has 4 nitrogen and oxygen atoms in total. The molecule has 2 fully saturated rings. The van der Waals surface area contributed by atoms with Gasteiger partial charge in [-0.15, -0.1) is 0 Å². The van der Waals surface area contributed by atoms with E-state index >= 15 is 0 Å². The van der Waals surface area contributed by atoms with Crippen LogP contribution in [0.4, 0.5) is 0 Å².